The van der Waals surface area contributed by atoms with E-state index < -0.39 is 90.1 Å². The molecule has 0 radical (unpaired) electrons. The van der Waals surface area contributed by atoms with Gasteiger partial charge in [-0.2, -0.15) is 12.6 Å². The standard InChI is InChI=1S/C32H47N9O9S/c1-5-16(2)26(40-25(45)13-35-29(47)22(37-18(4)43)10-19-6-8-21(44)9-7-19)31(49)38-23(11-20-12-34-15-36-20)30(48)41-27(17(3)42)32(50)39-24(14-51)28(33)46/h6-9,12,15-17,22-24,26-27,42,44,51H,5,10-11,13-14H2,1-4H3,(H2,33,46)(H,34,36)(H,35,47)(H,37,43)(H,38,49)(H,39,50)(H,40,45)(H,41,48)/t16-,17+,22-,23-,24-,26-,27-/m0/s1. The summed E-state index contributed by atoms with van der Waals surface area (Å²) in [7, 11) is 0. The highest BCUT2D eigenvalue weighted by Crippen LogP contribution is 2.12. The first kappa shape index (κ1) is 42.0. The van der Waals surface area contributed by atoms with Crippen LogP contribution < -0.4 is 37.6 Å². The van der Waals surface area contributed by atoms with Gasteiger partial charge in [-0.15, -0.1) is 0 Å². The first-order valence-electron chi connectivity index (χ1n) is 16.1. The highest BCUT2D eigenvalue weighted by molar-refractivity contribution is 7.80. The van der Waals surface area contributed by atoms with Crippen LogP contribution in [0, 0.1) is 5.92 Å². The third kappa shape index (κ3) is 13.9. The number of aromatic hydroxyl groups is 1. The van der Waals surface area contributed by atoms with E-state index in [-0.39, 0.29) is 24.3 Å². The number of aromatic nitrogens is 2. The number of amides is 7. The fraction of sp³-hybridized carbons (Fsp3) is 0.500. The first-order valence-corrected chi connectivity index (χ1v) is 16.8. The number of nitrogens with zero attached hydrogens (tertiary/aromatic N) is 1. The quantitative estimate of drug-likeness (QED) is 0.0627. The van der Waals surface area contributed by atoms with Crippen LogP contribution >= 0.6 is 12.6 Å². The molecule has 1 aromatic carbocycles. The predicted molar refractivity (Wildman–Crippen MR) is 187 cm³/mol. The summed E-state index contributed by atoms with van der Waals surface area (Å²) in [6, 6.07) is -0.256. The number of aliphatic hydroxyl groups is 1. The van der Waals surface area contributed by atoms with E-state index in [9.17, 15) is 43.8 Å². The fourth-order valence-corrected chi connectivity index (χ4v) is 5.02. The average Bonchev–Trinajstić information content (AvgIpc) is 3.59. The summed E-state index contributed by atoms with van der Waals surface area (Å²) >= 11 is 3.98. The second-order valence-electron chi connectivity index (χ2n) is 12.0. The number of benzene rings is 1. The summed E-state index contributed by atoms with van der Waals surface area (Å²) in [6.45, 7) is 5.41. The Morgan fingerprint density at radius 1 is 0.843 bits per heavy atom. The van der Waals surface area contributed by atoms with E-state index in [4.69, 9.17) is 5.73 Å². The molecular formula is C32H47N9O9S. The van der Waals surface area contributed by atoms with Crippen molar-refractivity contribution < 1.29 is 43.8 Å². The van der Waals surface area contributed by atoms with Crippen LogP contribution in [0.3, 0.4) is 0 Å². The number of phenolic OH excluding ortho intramolecular Hbond substituents is 1. The van der Waals surface area contributed by atoms with E-state index in [1.54, 1.807) is 26.0 Å². The number of primary amides is 1. The normalized spacial score (nSPS) is 15.0. The van der Waals surface area contributed by atoms with Gasteiger partial charge < -0.3 is 52.8 Å². The van der Waals surface area contributed by atoms with Crippen molar-refractivity contribution in [2.75, 3.05) is 12.3 Å². The van der Waals surface area contributed by atoms with Gasteiger partial charge in [0.05, 0.1) is 19.0 Å². The van der Waals surface area contributed by atoms with Crippen LogP contribution in [0.2, 0.25) is 0 Å². The number of nitrogens with two attached hydrogens (primary N) is 1. The maximum Gasteiger partial charge on any atom is 0.245 e. The van der Waals surface area contributed by atoms with E-state index in [1.165, 1.54) is 38.5 Å². The van der Waals surface area contributed by atoms with Crippen molar-refractivity contribution in [3.63, 3.8) is 0 Å². The number of imidazole rings is 1. The maximum absolute atomic E-state index is 13.7. The van der Waals surface area contributed by atoms with Gasteiger partial charge in [0.1, 0.15) is 36.0 Å². The van der Waals surface area contributed by atoms with E-state index in [1.807, 2.05) is 0 Å². The molecule has 0 aliphatic heterocycles. The highest BCUT2D eigenvalue weighted by Gasteiger charge is 2.34. The van der Waals surface area contributed by atoms with Crippen LogP contribution in [0.5, 0.6) is 5.75 Å². The average molecular weight is 734 g/mol. The lowest BCUT2D eigenvalue weighted by molar-refractivity contribution is -0.136. The van der Waals surface area contributed by atoms with E-state index >= 15 is 0 Å². The van der Waals surface area contributed by atoms with Crippen molar-refractivity contribution >= 4 is 54.0 Å². The summed E-state index contributed by atoms with van der Waals surface area (Å²) in [6.07, 6.45) is 1.72. The van der Waals surface area contributed by atoms with Gasteiger partial charge in [-0.1, -0.05) is 32.4 Å². The molecule has 1 aromatic heterocycles. The number of phenols is 1. The van der Waals surface area contributed by atoms with Crippen LogP contribution in [0.4, 0.5) is 0 Å². The van der Waals surface area contributed by atoms with Gasteiger partial charge >= 0.3 is 0 Å². The van der Waals surface area contributed by atoms with Crippen molar-refractivity contribution in [3.05, 3.63) is 48.0 Å². The highest BCUT2D eigenvalue weighted by atomic mass is 32.1. The van der Waals surface area contributed by atoms with Gasteiger partial charge in [-0.3, -0.25) is 33.6 Å². The third-order valence-electron chi connectivity index (χ3n) is 7.82. The van der Waals surface area contributed by atoms with Gasteiger partial charge in [0.15, 0.2) is 0 Å². The molecule has 0 aliphatic carbocycles. The monoisotopic (exact) mass is 733 g/mol. The minimum absolute atomic E-state index is 0.0279. The Hall–Kier alpha value is -5.17. The smallest absolute Gasteiger partial charge is 0.245 e. The van der Waals surface area contributed by atoms with Crippen molar-refractivity contribution in [1.29, 1.82) is 0 Å². The fourth-order valence-electron chi connectivity index (χ4n) is 4.75. The first-order chi connectivity index (χ1) is 24.1. The van der Waals surface area contributed by atoms with Crippen LogP contribution in [0.15, 0.2) is 36.8 Å². The molecule has 1 heterocycles. The second kappa shape index (κ2) is 20.5. The number of H-pyrrole nitrogens is 1. The number of hydrogen-bond acceptors (Lipinski definition) is 11. The zero-order valence-corrected chi connectivity index (χ0v) is 29.7. The summed E-state index contributed by atoms with van der Waals surface area (Å²) in [4.78, 5) is 96.2. The number of carbonyl (C=O) groups is 7. The molecule has 0 saturated heterocycles. The van der Waals surface area contributed by atoms with Crippen LogP contribution in [-0.2, 0) is 46.4 Å². The topological polar surface area (TPSA) is 287 Å². The third-order valence-corrected chi connectivity index (χ3v) is 8.19. The molecule has 2 aromatic rings. The lowest BCUT2D eigenvalue weighted by Gasteiger charge is -2.28. The number of hydrogen-bond donors (Lipinski definition) is 11. The molecule has 19 heteroatoms. The Balaban J connectivity index is 2.18. The minimum Gasteiger partial charge on any atom is -0.508 e. The molecule has 11 N–H and O–H groups in total. The Labute approximate surface area is 300 Å². The molecule has 18 nitrogen and oxygen atoms in total. The molecule has 0 spiro atoms. The number of aromatic amines is 1. The lowest BCUT2D eigenvalue weighted by Crippen LogP contribution is -2.61. The van der Waals surface area contributed by atoms with Crippen molar-refractivity contribution in [2.24, 2.45) is 11.7 Å². The number of carbonyl (C=O) groups excluding carboxylic acids is 7. The molecular weight excluding hydrogens is 686 g/mol. The number of thiol groups is 1. The molecule has 7 amide bonds. The van der Waals surface area contributed by atoms with Crippen LogP contribution in [0.25, 0.3) is 0 Å². The molecule has 2 rings (SSSR count). The van der Waals surface area contributed by atoms with Gasteiger partial charge in [0.25, 0.3) is 0 Å². The Morgan fingerprint density at radius 2 is 1.45 bits per heavy atom. The molecule has 51 heavy (non-hydrogen) atoms. The largest absolute Gasteiger partial charge is 0.508 e. The molecule has 7 atom stereocenters. The van der Waals surface area contributed by atoms with Crippen LogP contribution in [-0.4, -0.2) is 110 Å². The summed E-state index contributed by atoms with van der Waals surface area (Å²) in [5, 5.41) is 34.7. The molecule has 280 valence electrons. The molecule has 0 aliphatic rings. The van der Waals surface area contributed by atoms with Crippen molar-refractivity contribution in [1.82, 2.24) is 41.9 Å². The van der Waals surface area contributed by atoms with Gasteiger partial charge in [0.2, 0.25) is 41.4 Å². The number of nitrogens with one attached hydrogen (secondary N) is 7. The van der Waals surface area contributed by atoms with Gasteiger partial charge in [-0.25, -0.2) is 4.98 Å². The summed E-state index contributed by atoms with van der Waals surface area (Å²) < 4.78 is 0. The van der Waals surface area contributed by atoms with E-state index in [0.29, 0.717) is 17.7 Å². The zero-order valence-electron chi connectivity index (χ0n) is 28.8. The Bertz CT molecular complexity index is 1510. The van der Waals surface area contributed by atoms with E-state index in [2.05, 4.69) is 54.5 Å². The zero-order chi connectivity index (χ0) is 38.2. The maximum atomic E-state index is 13.7. The molecule has 0 bridgehead atoms. The van der Waals surface area contributed by atoms with E-state index in [0.717, 1.165) is 0 Å². The summed E-state index contributed by atoms with van der Waals surface area (Å²) in [5.41, 5.74) is 6.34. The number of rotatable bonds is 20. The Kier molecular flexibility index (Phi) is 16.9. The minimum atomic E-state index is -1.55. The second-order valence-corrected chi connectivity index (χ2v) is 12.4. The molecule has 0 fully saturated rings. The lowest BCUT2D eigenvalue weighted by atomic mass is 9.97. The van der Waals surface area contributed by atoms with Gasteiger partial charge in [-0.05, 0) is 30.5 Å². The van der Waals surface area contributed by atoms with Crippen LogP contribution in [0.1, 0.15) is 45.4 Å². The van der Waals surface area contributed by atoms with Crippen molar-refractivity contribution in [3.8, 4) is 5.75 Å². The Morgan fingerprint density at radius 3 is 1.98 bits per heavy atom. The SMILES string of the molecule is CC[C@H](C)[C@H](NC(=O)CNC(=O)[C@H](Cc1ccc(O)cc1)NC(C)=O)C(=O)N[C@@H](Cc1cnc[nH]1)C(=O)N[C@H](C(=O)N[C@@H](CS)C(N)=O)[C@@H](C)O. The number of aliphatic hydroxyl groups excluding tert-OH is 1. The van der Waals surface area contributed by atoms with Crippen molar-refractivity contribution in [2.45, 2.75) is 83.3 Å². The predicted octanol–water partition coefficient (Wildman–Crippen LogP) is -2.70. The summed E-state index contributed by atoms with van der Waals surface area (Å²) in [5.74, 6) is -5.86. The molecule has 0 saturated carbocycles. The molecule has 0 unspecified atom stereocenters. The van der Waals surface area contributed by atoms with Gasteiger partial charge in [0, 0.05) is 37.4 Å².